The quantitative estimate of drug-likeness (QED) is 0.539. The number of hydrogen-bond acceptors (Lipinski definition) is 4. The molecular weight excluding hydrogens is 311 g/mol. The highest BCUT2D eigenvalue weighted by Gasteiger charge is 2.30. The molecule has 1 aromatic rings. The van der Waals surface area contributed by atoms with Gasteiger partial charge in [0, 0.05) is 19.3 Å². The van der Waals surface area contributed by atoms with Gasteiger partial charge in [0.2, 0.25) is 5.91 Å². The van der Waals surface area contributed by atoms with Gasteiger partial charge in [0.1, 0.15) is 11.9 Å². The molecule has 128 valence electrons. The molecule has 0 saturated carbocycles. The van der Waals surface area contributed by atoms with Crippen LogP contribution in [-0.4, -0.2) is 36.7 Å². The van der Waals surface area contributed by atoms with E-state index < -0.39 is 17.8 Å². The molecule has 0 aliphatic carbocycles. The molecule has 0 bridgehead atoms. The standard InChI is InChI=1S/C15H20F3N3O2/c1-3-4-9-23-11(2)14(22)20-8-7-19-13-6-5-12(10-21-13)15(16,17)18/h3,5-6,10-11H,1,4,7-9H2,2H3,(H,19,21)(H,20,22). The number of amides is 1. The molecule has 1 rings (SSSR count). The smallest absolute Gasteiger partial charge is 0.368 e. The first-order chi connectivity index (χ1) is 10.8. The summed E-state index contributed by atoms with van der Waals surface area (Å²) in [5, 5.41) is 5.48. The summed E-state index contributed by atoms with van der Waals surface area (Å²) in [6.45, 7) is 6.26. The van der Waals surface area contributed by atoms with E-state index >= 15 is 0 Å². The van der Waals surface area contributed by atoms with Crippen LogP contribution in [-0.2, 0) is 15.7 Å². The third-order valence-electron chi connectivity index (χ3n) is 2.88. The summed E-state index contributed by atoms with van der Waals surface area (Å²) in [4.78, 5) is 15.3. The molecule has 0 aliphatic rings. The van der Waals surface area contributed by atoms with Crippen LogP contribution in [0.15, 0.2) is 31.0 Å². The Morgan fingerprint density at radius 1 is 1.43 bits per heavy atom. The Bertz CT molecular complexity index is 504. The van der Waals surface area contributed by atoms with Crippen LogP contribution in [0.5, 0.6) is 0 Å². The number of halogens is 3. The second kappa shape index (κ2) is 9.14. The number of aromatic nitrogens is 1. The number of carbonyl (C=O) groups excluding carboxylic acids is 1. The summed E-state index contributed by atoms with van der Waals surface area (Å²) in [5.41, 5.74) is -0.804. The van der Waals surface area contributed by atoms with Crippen molar-refractivity contribution in [1.82, 2.24) is 10.3 Å². The van der Waals surface area contributed by atoms with Gasteiger partial charge in [0.05, 0.1) is 12.2 Å². The minimum atomic E-state index is -4.40. The monoisotopic (exact) mass is 331 g/mol. The SMILES string of the molecule is C=CCCOC(C)C(=O)NCCNc1ccc(C(F)(F)F)cn1. The van der Waals surface area contributed by atoms with E-state index in [4.69, 9.17) is 4.74 Å². The number of anilines is 1. The van der Waals surface area contributed by atoms with Gasteiger partial charge in [0.25, 0.3) is 0 Å². The number of carbonyl (C=O) groups is 1. The van der Waals surface area contributed by atoms with E-state index in [1.807, 2.05) is 0 Å². The lowest BCUT2D eigenvalue weighted by Crippen LogP contribution is -2.37. The molecule has 0 aliphatic heterocycles. The topological polar surface area (TPSA) is 63.2 Å². The summed E-state index contributed by atoms with van der Waals surface area (Å²) in [6.07, 6.45) is -1.85. The van der Waals surface area contributed by atoms with Crippen LogP contribution < -0.4 is 10.6 Å². The van der Waals surface area contributed by atoms with Gasteiger partial charge in [-0.05, 0) is 25.5 Å². The minimum absolute atomic E-state index is 0.253. The zero-order valence-electron chi connectivity index (χ0n) is 12.8. The Kier molecular flexibility index (Phi) is 7.53. The molecule has 0 saturated heterocycles. The zero-order valence-corrected chi connectivity index (χ0v) is 12.8. The number of rotatable bonds is 9. The molecule has 1 amide bonds. The van der Waals surface area contributed by atoms with Gasteiger partial charge in [0.15, 0.2) is 0 Å². The maximum Gasteiger partial charge on any atom is 0.417 e. The first-order valence-electron chi connectivity index (χ1n) is 7.12. The number of nitrogens with zero attached hydrogens (tertiary/aromatic N) is 1. The Balaban J connectivity index is 2.26. The first-order valence-corrected chi connectivity index (χ1v) is 7.12. The van der Waals surface area contributed by atoms with Gasteiger partial charge in [-0.2, -0.15) is 13.2 Å². The van der Waals surface area contributed by atoms with Crippen molar-refractivity contribution in [3.63, 3.8) is 0 Å². The number of pyridine rings is 1. The van der Waals surface area contributed by atoms with E-state index in [1.54, 1.807) is 13.0 Å². The van der Waals surface area contributed by atoms with Crippen molar-refractivity contribution >= 4 is 11.7 Å². The predicted octanol–water partition coefficient (Wildman–Crippen LogP) is 2.61. The molecule has 1 unspecified atom stereocenters. The molecule has 5 nitrogen and oxygen atoms in total. The van der Waals surface area contributed by atoms with Crippen molar-refractivity contribution in [2.24, 2.45) is 0 Å². The van der Waals surface area contributed by atoms with E-state index in [2.05, 4.69) is 22.2 Å². The fraction of sp³-hybridized carbons (Fsp3) is 0.467. The van der Waals surface area contributed by atoms with E-state index in [0.29, 0.717) is 31.9 Å². The Hall–Kier alpha value is -2.09. The van der Waals surface area contributed by atoms with E-state index in [9.17, 15) is 18.0 Å². The number of ether oxygens (including phenoxy) is 1. The highest BCUT2D eigenvalue weighted by molar-refractivity contribution is 5.80. The third-order valence-corrected chi connectivity index (χ3v) is 2.88. The molecule has 0 radical (unpaired) electrons. The highest BCUT2D eigenvalue weighted by Crippen LogP contribution is 2.28. The lowest BCUT2D eigenvalue weighted by atomic mass is 10.3. The fourth-order valence-electron chi connectivity index (χ4n) is 1.59. The Morgan fingerprint density at radius 2 is 2.17 bits per heavy atom. The van der Waals surface area contributed by atoms with Crippen molar-refractivity contribution in [2.75, 3.05) is 25.0 Å². The van der Waals surface area contributed by atoms with Crippen LogP contribution in [0.4, 0.5) is 19.0 Å². The average molecular weight is 331 g/mol. The molecule has 8 heteroatoms. The zero-order chi connectivity index (χ0) is 17.3. The van der Waals surface area contributed by atoms with E-state index in [1.165, 1.54) is 6.07 Å². The van der Waals surface area contributed by atoms with Crippen LogP contribution in [0.1, 0.15) is 18.9 Å². The van der Waals surface area contributed by atoms with Gasteiger partial charge in [-0.1, -0.05) is 6.08 Å². The minimum Gasteiger partial charge on any atom is -0.368 e. The summed E-state index contributed by atoms with van der Waals surface area (Å²) in [5.74, 6) is 0.0544. The van der Waals surface area contributed by atoms with Crippen LogP contribution in [0.2, 0.25) is 0 Å². The van der Waals surface area contributed by atoms with Gasteiger partial charge in [-0.3, -0.25) is 4.79 Å². The lowest BCUT2D eigenvalue weighted by Gasteiger charge is -2.13. The predicted molar refractivity (Wildman–Crippen MR) is 81.0 cm³/mol. The highest BCUT2D eigenvalue weighted by atomic mass is 19.4. The van der Waals surface area contributed by atoms with Crippen LogP contribution >= 0.6 is 0 Å². The second-order valence-electron chi connectivity index (χ2n) is 4.74. The summed E-state index contributed by atoms with van der Waals surface area (Å²) in [6, 6.07) is 2.19. The van der Waals surface area contributed by atoms with Crippen LogP contribution in [0.3, 0.4) is 0 Å². The molecule has 1 aromatic heterocycles. The van der Waals surface area contributed by atoms with Crippen LogP contribution in [0, 0.1) is 0 Å². The van der Waals surface area contributed by atoms with Crippen molar-refractivity contribution < 1.29 is 22.7 Å². The molecule has 0 spiro atoms. The molecule has 1 atom stereocenters. The normalized spacial score (nSPS) is 12.5. The molecule has 0 aromatic carbocycles. The van der Waals surface area contributed by atoms with Crippen molar-refractivity contribution in [3.8, 4) is 0 Å². The second-order valence-corrected chi connectivity index (χ2v) is 4.74. The average Bonchev–Trinajstić information content (AvgIpc) is 2.51. The number of nitrogens with one attached hydrogen (secondary N) is 2. The third kappa shape index (κ3) is 7.14. The fourth-order valence-corrected chi connectivity index (χ4v) is 1.59. The molecule has 2 N–H and O–H groups in total. The van der Waals surface area contributed by atoms with Crippen molar-refractivity contribution in [2.45, 2.75) is 25.6 Å². The largest absolute Gasteiger partial charge is 0.417 e. The number of hydrogen-bond donors (Lipinski definition) is 2. The van der Waals surface area contributed by atoms with Crippen molar-refractivity contribution in [3.05, 3.63) is 36.5 Å². The Morgan fingerprint density at radius 3 is 2.74 bits per heavy atom. The van der Waals surface area contributed by atoms with Gasteiger partial charge < -0.3 is 15.4 Å². The maximum atomic E-state index is 12.4. The lowest BCUT2D eigenvalue weighted by molar-refractivity contribution is -0.137. The summed E-state index contributed by atoms with van der Waals surface area (Å²) in [7, 11) is 0. The Labute approximate surface area is 132 Å². The summed E-state index contributed by atoms with van der Waals surface area (Å²) >= 11 is 0. The molecule has 1 heterocycles. The van der Waals surface area contributed by atoms with E-state index in [0.717, 1.165) is 12.3 Å². The van der Waals surface area contributed by atoms with Gasteiger partial charge in [-0.25, -0.2) is 4.98 Å². The molecule has 23 heavy (non-hydrogen) atoms. The van der Waals surface area contributed by atoms with Gasteiger partial charge >= 0.3 is 6.18 Å². The number of alkyl halides is 3. The first kappa shape index (κ1) is 19.0. The molecule has 0 fully saturated rings. The summed E-state index contributed by atoms with van der Waals surface area (Å²) < 4.78 is 42.4. The van der Waals surface area contributed by atoms with Crippen LogP contribution in [0.25, 0.3) is 0 Å². The van der Waals surface area contributed by atoms with Crippen molar-refractivity contribution in [1.29, 1.82) is 0 Å². The van der Waals surface area contributed by atoms with E-state index in [-0.39, 0.29) is 5.91 Å². The molecular formula is C15H20F3N3O2. The maximum absolute atomic E-state index is 12.4. The van der Waals surface area contributed by atoms with Gasteiger partial charge in [-0.15, -0.1) is 6.58 Å².